The first-order chi connectivity index (χ1) is 14.1. The molecule has 0 amide bonds. The van der Waals surface area contributed by atoms with Crippen LogP contribution in [0.2, 0.25) is 0 Å². The third kappa shape index (κ3) is 7.48. The molecular formula is C24H41Cl2N3O2. The molecule has 3 saturated heterocycles. The normalized spacial score (nSPS) is 25.7. The van der Waals surface area contributed by atoms with Crippen molar-refractivity contribution in [1.29, 1.82) is 0 Å². The van der Waals surface area contributed by atoms with E-state index in [4.69, 9.17) is 4.74 Å². The predicted molar refractivity (Wildman–Crippen MR) is 132 cm³/mol. The van der Waals surface area contributed by atoms with Crippen LogP contribution in [-0.4, -0.2) is 73.4 Å². The number of β-amino-alcohol motifs (C(OH)–C–C–N with tert-alkyl or cyclic N) is 1. The number of fused-ring (bicyclic) bond motifs is 1. The number of ether oxygens (including phenoxy) is 1. The minimum Gasteiger partial charge on any atom is -0.491 e. The minimum atomic E-state index is -0.428. The van der Waals surface area contributed by atoms with E-state index in [0.29, 0.717) is 6.61 Å². The molecule has 3 aliphatic rings. The van der Waals surface area contributed by atoms with Crippen molar-refractivity contribution in [3.63, 3.8) is 0 Å². The van der Waals surface area contributed by atoms with Gasteiger partial charge in [-0.1, -0.05) is 26.0 Å². The van der Waals surface area contributed by atoms with E-state index in [2.05, 4.69) is 53.2 Å². The van der Waals surface area contributed by atoms with E-state index < -0.39 is 6.10 Å². The van der Waals surface area contributed by atoms with Crippen LogP contribution >= 0.6 is 24.8 Å². The number of nitrogens with one attached hydrogen (secondary N) is 1. The lowest BCUT2D eigenvalue weighted by molar-refractivity contribution is 0.0511. The Labute approximate surface area is 200 Å². The van der Waals surface area contributed by atoms with Gasteiger partial charge in [0.1, 0.15) is 18.5 Å². The second kappa shape index (κ2) is 12.6. The first-order valence-electron chi connectivity index (χ1n) is 11.6. The van der Waals surface area contributed by atoms with E-state index in [1.807, 2.05) is 0 Å². The molecule has 0 aliphatic carbocycles. The smallest absolute Gasteiger partial charge is 0.119 e. The Balaban J connectivity index is 0.00000171. The van der Waals surface area contributed by atoms with Crippen LogP contribution in [0.3, 0.4) is 0 Å². The summed E-state index contributed by atoms with van der Waals surface area (Å²) in [6, 6.07) is 8.44. The zero-order chi connectivity index (χ0) is 20.2. The summed E-state index contributed by atoms with van der Waals surface area (Å²) >= 11 is 0. The second-order valence-corrected chi connectivity index (χ2v) is 9.86. The average molecular weight is 475 g/mol. The van der Waals surface area contributed by atoms with Crippen molar-refractivity contribution < 1.29 is 9.84 Å². The highest BCUT2D eigenvalue weighted by Crippen LogP contribution is 2.28. The van der Waals surface area contributed by atoms with Gasteiger partial charge in [0, 0.05) is 26.2 Å². The topological polar surface area (TPSA) is 48.0 Å². The summed E-state index contributed by atoms with van der Waals surface area (Å²) in [6.07, 6.45) is 2.08. The summed E-state index contributed by atoms with van der Waals surface area (Å²) in [5.74, 6) is 4.16. The van der Waals surface area contributed by atoms with Crippen LogP contribution in [0.1, 0.15) is 32.3 Å². The van der Waals surface area contributed by atoms with E-state index in [0.717, 1.165) is 55.6 Å². The second-order valence-electron chi connectivity index (χ2n) is 9.86. The number of halogens is 2. The van der Waals surface area contributed by atoms with Gasteiger partial charge in [-0.25, -0.2) is 0 Å². The molecule has 0 spiro atoms. The fraction of sp³-hybridized carbons (Fsp3) is 0.750. The number of hydrogen-bond acceptors (Lipinski definition) is 5. The fourth-order valence-electron chi connectivity index (χ4n) is 5.38. The Morgan fingerprint density at radius 2 is 1.61 bits per heavy atom. The van der Waals surface area contributed by atoms with Crippen LogP contribution < -0.4 is 10.1 Å². The number of aliphatic hydroxyl groups excluding tert-OH is 1. The van der Waals surface area contributed by atoms with Crippen LogP contribution in [0.4, 0.5) is 0 Å². The number of nitrogens with zero attached hydrogens (tertiary/aromatic N) is 2. The average Bonchev–Trinajstić information content (AvgIpc) is 3.29. The van der Waals surface area contributed by atoms with Crippen LogP contribution in [-0.2, 0) is 6.54 Å². The summed E-state index contributed by atoms with van der Waals surface area (Å²) < 4.78 is 5.86. The number of benzene rings is 1. The highest BCUT2D eigenvalue weighted by atomic mass is 35.5. The van der Waals surface area contributed by atoms with E-state index in [9.17, 15) is 5.11 Å². The zero-order valence-electron chi connectivity index (χ0n) is 19.0. The number of hydrogen-bond donors (Lipinski definition) is 2. The molecule has 3 atom stereocenters. The molecule has 0 saturated carbocycles. The van der Waals surface area contributed by atoms with E-state index in [-0.39, 0.29) is 24.8 Å². The quantitative estimate of drug-likeness (QED) is 0.606. The molecule has 7 heteroatoms. The van der Waals surface area contributed by atoms with Crippen molar-refractivity contribution in [3.8, 4) is 5.75 Å². The maximum Gasteiger partial charge on any atom is 0.119 e. The number of aliphatic hydroxyl groups is 1. The molecule has 4 rings (SSSR count). The van der Waals surface area contributed by atoms with E-state index in [1.54, 1.807) is 0 Å². The fourth-order valence-corrected chi connectivity index (χ4v) is 5.38. The van der Waals surface area contributed by atoms with Gasteiger partial charge in [0.15, 0.2) is 0 Å². The van der Waals surface area contributed by atoms with Crippen molar-refractivity contribution in [1.82, 2.24) is 15.1 Å². The van der Waals surface area contributed by atoms with Crippen molar-refractivity contribution in [3.05, 3.63) is 29.8 Å². The highest BCUT2D eigenvalue weighted by Gasteiger charge is 2.35. The van der Waals surface area contributed by atoms with Gasteiger partial charge in [-0.15, -0.1) is 24.8 Å². The SMILES string of the molecule is CC(C)C1CCN(CC(O)COc2ccc(CN3C[C@H]4CNC[C@H]4C3)cc2)CC1.Cl.Cl. The molecule has 2 N–H and O–H groups in total. The van der Waals surface area contributed by atoms with E-state index >= 15 is 0 Å². The van der Waals surface area contributed by atoms with Gasteiger partial charge in [-0.3, -0.25) is 4.90 Å². The third-order valence-corrected chi connectivity index (χ3v) is 7.28. The minimum absolute atomic E-state index is 0. The van der Waals surface area contributed by atoms with Gasteiger partial charge < -0.3 is 20.1 Å². The van der Waals surface area contributed by atoms with Crippen molar-refractivity contribution in [2.75, 3.05) is 52.4 Å². The van der Waals surface area contributed by atoms with Crippen molar-refractivity contribution >= 4 is 24.8 Å². The van der Waals surface area contributed by atoms with Gasteiger partial charge in [-0.05, 0) is 80.4 Å². The van der Waals surface area contributed by atoms with E-state index in [1.165, 1.54) is 44.6 Å². The Hall–Kier alpha value is -0.560. The zero-order valence-corrected chi connectivity index (χ0v) is 20.7. The predicted octanol–water partition coefficient (Wildman–Crippen LogP) is 3.29. The molecule has 5 nitrogen and oxygen atoms in total. The summed E-state index contributed by atoms with van der Waals surface area (Å²) in [6.45, 7) is 13.8. The summed E-state index contributed by atoms with van der Waals surface area (Å²) in [5.41, 5.74) is 1.35. The number of likely N-dealkylation sites (tertiary alicyclic amines) is 2. The monoisotopic (exact) mass is 473 g/mol. The van der Waals surface area contributed by atoms with Crippen LogP contribution in [0, 0.1) is 23.7 Å². The lowest BCUT2D eigenvalue weighted by atomic mass is 9.87. The summed E-state index contributed by atoms with van der Waals surface area (Å²) in [7, 11) is 0. The van der Waals surface area contributed by atoms with Crippen LogP contribution in [0.15, 0.2) is 24.3 Å². The highest BCUT2D eigenvalue weighted by molar-refractivity contribution is 5.85. The summed E-state index contributed by atoms with van der Waals surface area (Å²) in [4.78, 5) is 4.97. The molecular weight excluding hydrogens is 433 g/mol. The van der Waals surface area contributed by atoms with Gasteiger partial charge in [-0.2, -0.15) is 0 Å². The molecule has 0 bridgehead atoms. The molecule has 1 aromatic rings. The standard InChI is InChI=1S/C24H39N3O2.2ClH/c1-18(2)20-7-9-26(10-8-20)16-23(28)17-29-24-5-3-19(4-6-24)13-27-14-21-11-25-12-22(21)15-27;;/h3-6,18,20-23,25,28H,7-17H2,1-2H3;2*1H/t21-,22+,23?;;. The summed E-state index contributed by atoms with van der Waals surface area (Å²) in [5, 5.41) is 13.9. The molecule has 3 fully saturated rings. The van der Waals surface area contributed by atoms with Crippen molar-refractivity contribution in [2.45, 2.75) is 39.3 Å². The largest absolute Gasteiger partial charge is 0.491 e. The van der Waals surface area contributed by atoms with Crippen molar-refractivity contribution in [2.24, 2.45) is 23.7 Å². The molecule has 31 heavy (non-hydrogen) atoms. The molecule has 0 aromatic heterocycles. The Bertz CT molecular complexity index is 626. The molecule has 3 aliphatic heterocycles. The maximum atomic E-state index is 10.4. The van der Waals surface area contributed by atoms with Crippen LogP contribution in [0.25, 0.3) is 0 Å². The Morgan fingerprint density at radius 1 is 1.00 bits per heavy atom. The maximum absolute atomic E-state index is 10.4. The first-order valence-corrected chi connectivity index (χ1v) is 11.6. The molecule has 0 radical (unpaired) electrons. The van der Waals surface area contributed by atoms with Gasteiger partial charge in [0.25, 0.3) is 0 Å². The lowest BCUT2D eigenvalue weighted by Crippen LogP contribution is -2.41. The molecule has 1 unspecified atom stereocenters. The molecule has 3 heterocycles. The van der Waals surface area contributed by atoms with Gasteiger partial charge >= 0.3 is 0 Å². The number of rotatable bonds is 8. The van der Waals surface area contributed by atoms with Gasteiger partial charge in [0.2, 0.25) is 0 Å². The Kier molecular flexibility index (Phi) is 10.9. The first kappa shape index (κ1) is 26.7. The molecule has 1 aromatic carbocycles. The van der Waals surface area contributed by atoms with Crippen LogP contribution in [0.5, 0.6) is 5.75 Å². The Morgan fingerprint density at radius 3 is 2.19 bits per heavy atom. The number of piperidine rings is 1. The third-order valence-electron chi connectivity index (χ3n) is 7.28. The molecule has 178 valence electrons. The van der Waals surface area contributed by atoms with Gasteiger partial charge in [0.05, 0.1) is 0 Å². The lowest BCUT2D eigenvalue weighted by Gasteiger charge is -2.34.